The molecular weight excluding hydrogens is 644 g/mol. The summed E-state index contributed by atoms with van der Waals surface area (Å²) in [5.41, 5.74) is 3.33. The van der Waals surface area contributed by atoms with Crippen molar-refractivity contribution in [3.05, 3.63) is 40.7 Å². The molecule has 2 saturated heterocycles. The van der Waals surface area contributed by atoms with Crippen LogP contribution >= 0.6 is 23.1 Å². The lowest BCUT2D eigenvalue weighted by Crippen LogP contribution is -2.55. The molecule has 244 valence electrons. The minimum Gasteiger partial charge on any atom is -0.465 e. The Morgan fingerprint density at radius 3 is 2.55 bits per heavy atom. The van der Waals surface area contributed by atoms with E-state index in [0.29, 0.717) is 47.9 Å². The maximum atomic E-state index is 15.4. The summed E-state index contributed by atoms with van der Waals surface area (Å²) in [5.74, 6) is 1.05. The molecule has 2 unspecified atom stereocenters. The highest BCUT2D eigenvalue weighted by Crippen LogP contribution is 2.48. The standard InChI is InChI=1S/C33H33FN6O5S2/c1-5-46-30-36-24-10-19(18-8-9-23(34)27-25(18)20(11-35)29(47-27)38-31(41)45-33(2,3)4)21-14-44-15-22(21)26(24)28(37-30)40-16-6-7-17(40)13-39(12-16)32(42)43/h8-10,16-17H,5-7,12-15H2,1-4H3,(H,38,41)(H,42,43). The number of ether oxygens (including phenoxy) is 2. The van der Waals surface area contributed by atoms with E-state index >= 15 is 4.39 Å². The third-order valence-corrected chi connectivity index (χ3v) is 10.6. The van der Waals surface area contributed by atoms with Gasteiger partial charge in [-0.2, -0.15) is 5.26 Å². The molecule has 2 fully saturated rings. The Kier molecular flexibility index (Phi) is 7.89. The second kappa shape index (κ2) is 11.8. The van der Waals surface area contributed by atoms with E-state index in [1.54, 1.807) is 26.8 Å². The number of carbonyl (C=O) groups excluding carboxylic acids is 1. The molecule has 0 saturated carbocycles. The number of carbonyl (C=O) groups is 2. The van der Waals surface area contributed by atoms with E-state index in [9.17, 15) is 20.0 Å². The summed E-state index contributed by atoms with van der Waals surface area (Å²) >= 11 is 2.52. The maximum Gasteiger partial charge on any atom is 0.412 e. The highest BCUT2D eigenvalue weighted by molar-refractivity contribution is 7.99. The van der Waals surface area contributed by atoms with Crippen molar-refractivity contribution >= 4 is 67.1 Å². The third-order valence-electron chi connectivity index (χ3n) is 8.74. The summed E-state index contributed by atoms with van der Waals surface area (Å²) in [7, 11) is 0. The van der Waals surface area contributed by atoms with Crippen LogP contribution in [0.15, 0.2) is 23.4 Å². The number of benzene rings is 2. The van der Waals surface area contributed by atoms with Crippen LogP contribution in [0.5, 0.6) is 0 Å². The Bertz CT molecular complexity index is 1990. The van der Waals surface area contributed by atoms with Crippen LogP contribution in [0.1, 0.15) is 57.2 Å². The van der Waals surface area contributed by atoms with Gasteiger partial charge < -0.3 is 24.4 Å². The number of halogens is 1. The molecule has 2 N–H and O–H groups in total. The first-order valence-corrected chi connectivity index (χ1v) is 17.3. The number of piperazine rings is 1. The number of carboxylic acid groups (broad SMARTS) is 1. The fourth-order valence-corrected chi connectivity index (χ4v) is 8.61. The number of anilines is 2. The molecule has 2 atom stereocenters. The summed E-state index contributed by atoms with van der Waals surface area (Å²) in [6, 6.07) is 7.20. The van der Waals surface area contributed by atoms with Gasteiger partial charge in [-0.05, 0) is 73.8 Å². The van der Waals surface area contributed by atoms with Gasteiger partial charge in [-0.1, -0.05) is 24.8 Å². The summed E-state index contributed by atoms with van der Waals surface area (Å²) in [6.07, 6.45) is 0.103. The molecule has 0 spiro atoms. The monoisotopic (exact) mass is 676 g/mol. The molecule has 11 nitrogen and oxygen atoms in total. The van der Waals surface area contributed by atoms with Gasteiger partial charge >= 0.3 is 12.2 Å². The lowest BCUT2D eigenvalue weighted by Gasteiger charge is -2.41. The molecular formula is C33H33FN6O5S2. The van der Waals surface area contributed by atoms with Crippen LogP contribution < -0.4 is 10.2 Å². The second-order valence-corrected chi connectivity index (χ2v) is 15.1. The number of nitriles is 1. The molecule has 4 aromatic rings. The van der Waals surface area contributed by atoms with Crippen LogP contribution in [0.4, 0.5) is 24.8 Å². The number of rotatable bonds is 5. The van der Waals surface area contributed by atoms with Gasteiger partial charge in [0.25, 0.3) is 0 Å². The Labute approximate surface area is 278 Å². The van der Waals surface area contributed by atoms with Crippen molar-refractivity contribution in [2.24, 2.45) is 0 Å². The van der Waals surface area contributed by atoms with Crippen molar-refractivity contribution in [1.29, 1.82) is 5.26 Å². The zero-order valence-electron chi connectivity index (χ0n) is 26.3. The minimum absolute atomic E-state index is 0.00307. The smallest absolute Gasteiger partial charge is 0.412 e. The van der Waals surface area contributed by atoms with Gasteiger partial charge in [0.1, 0.15) is 28.3 Å². The molecule has 3 aliphatic heterocycles. The third kappa shape index (κ3) is 5.50. The Morgan fingerprint density at radius 1 is 1.17 bits per heavy atom. The van der Waals surface area contributed by atoms with Crippen molar-refractivity contribution in [2.75, 3.05) is 29.1 Å². The van der Waals surface area contributed by atoms with Crippen molar-refractivity contribution in [3.8, 4) is 17.2 Å². The van der Waals surface area contributed by atoms with Crippen LogP contribution in [-0.2, 0) is 22.7 Å². The van der Waals surface area contributed by atoms with Crippen molar-refractivity contribution < 1.29 is 28.6 Å². The number of aromatic nitrogens is 2. The van der Waals surface area contributed by atoms with E-state index in [0.717, 1.165) is 57.8 Å². The molecule has 5 heterocycles. The lowest BCUT2D eigenvalue weighted by atomic mass is 9.91. The second-order valence-electron chi connectivity index (χ2n) is 12.9. The summed E-state index contributed by atoms with van der Waals surface area (Å²) < 4.78 is 27.1. The molecule has 2 aromatic carbocycles. The van der Waals surface area contributed by atoms with Crippen molar-refractivity contribution in [1.82, 2.24) is 14.9 Å². The van der Waals surface area contributed by atoms with E-state index in [-0.39, 0.29) is 27.3 Å². The number of hydrogen-bond acceptors (Lipinski definition) is 10. The van der Waals surface area contributed by atoms with Gasteiger partial charge in [0, 0.05) is 35.9 Å². The molecule has 3 aliphatic rings. The highest BCUT2D eigenvalue weighted by atomic mass is 32.2. The average Bonchev–Trinajstić information content (AvgIpc) is 3.70. The Balaban J connectivity index is 1.42. The number of thiophene rings is 1. The van der Waals surface area contributed by atoms with Crippen molar-refractivity contribution in [3.63, 3.8) is 0 Å². The zero-order valence-corrected chi connectivity index (χ0v) is 28.0. The molecule has 47 heavy (non-hydrogen) atoms. The molecule has 2 aromatic heterocycles. The van der Waals surface area contributed by atoms with Gasteiger partial charge in [0.05, 0.1) is 29.0 Å². The molecule has 0 radical (unpaired) electrons. The molecule has 7 rings (SSSR count). The van der Waals surface area contributed by atoms with E-state index in [1.807, 2.05) is 13.0 Å². The SMILES string of the molecule is CCSc1nc(N2C3CCC2CN(C(=O)O)C3)c2c3c(c(-c4ccc(F)c5sc(NC(=O)OC(C)(C)C)c(C#N)c45)cc2n1)COC3. The predicted molar refractivity (Wildman–Crippen MR) is 179 cm³/mol. The van der Waals surface area contributed by atoms with Gasteiger partial charge in [0.2, 0.25) is 0 Å². The summed E-state index contributed by atoms with van der Waals surface area (Å²) in [5, 5.41) is 24.8. The largest absolute Gasteiger partial charge is 0.465 e. The fraction of sp³-hybridized carbons (Fsp3) is 0.424. The van der Waals surface area contributed by atoms with E-state index < -0.39 is 23.6 Å². The molecule has 2 amide bonds. The first-order chi connectivity index (χ1) is 22.5. The normalized spacial score (nSPS) is 18.9. The number of likely N-dealkylation sites (tertiary alicyclic amines) is 1. The van der Waals surface area contributed by atoms with E-state index in [4.69, 9.17) is 19.4 Å². The van der Waals surface area contributed by atoms with E-state index in [1.165, 1.54) is 22.7 Å². The van der Waals surface area contributed by atoms with Gasteiger partial charge in [-0.3, -0.25) is 5.32 Å². The van der Waals surface area contributed by atoms with Gasteiger partial charge in [0.15, 0.2) is 5.16 Å². The fourth-order valence-electron chi connectivity index (χ4n) is 6.97. The number of hydrogen-bond donors (Lipinski definition) is 2. The topological polar surface area (TPSA) is 141 Å². The number of amides is 2. The molecule has 0 aliphatic carbocycles. The van der Waals surface area contributed by atoms with Crippen molar-refractivity contribution in [2.45, 2.75) is 76.6 Å². The first-order valence-electron chi connectivity index (χ1n) is 15.5. The predicted octanol–water partition coefficient (Wildman–Crippen LogP) is 7.34. The number of thioether (sulfide) groups is 1. The van der Waals surface area contributed by atoms with Crippen LogP contribution in [0.25, 0.3) is 32.1 Å². The molecule has 14 heteroatoms. The summed E-state index contributed by atoms with van der Waals surface area (Å²) in [6.45, 7) is 8.70. The Hall–Kier alpha value is -4.19. The Morgan fingerprint density at radius 2 is 1.89 bits per heavy atom. The molecule has 2 bridgehead atoms. The average molecular weight is 677 g/mol. The van der Waals surface area contributed by atoms with Crippen LogP contribution in [0.2, 0.25) is 0 Å². The number of nitrogens with one attached hydrogen (secondary N) is 1. The van der Waals surface area contributed by atoms with E-state index in [2.05, 4.69) is 16.3 Å². The summed E-state index contributed by atoms with van der Waals surface area (Å²) in [4.78, 5) is 38.3. The minimum atomic E-state index is -0.907. The van der Waals surface area contributed by atoms with Crippen LogP contribution in [-0.4, -0.2) is 68.7 Å². The highest BCUT2D eigenvalue weighted by Gasteiger charge is 2.43. The van der Waals surface area contributed by atoms with Crippen LogP contribution in [0, 0.1) is 17.1 Å². The number of nitrogens with zero attached hydrogens (tertiary/aromatic N) is 5. The first kappa shape index (κ1) is 31.4. The van der Waals surface area contributed by atoms with Gasteiger partial charge in [-0.25, -0.2) is 23.9 Å². The quantitative estimate of drug-likeness (QED) is 0.163. The maximum absolute atomic E-state index is 15.4. The van der Waals surface area contributed by atoms with Crippen LogP contribution in [0.3, 0.4) is 0 Å². The lowest BCUT2D eigenvalue weighted by molar-refractivity contribution is 0.0636. The van der Waals surface area contributed by atoms with Gasteiger partial charge in [-0.15, -0.1) is 11.3 Å². The zero-order chi connectivity index (χ0) is 33.2. The number of fused-ring (bicyclic) bond motifs is 6.